The number of halogens is 2. The van der Waals surface area contributed by atoms with Crippen molar-refractivity contribution in [3.63, 3.8) is 0 Å². The monoisotopic (exact) mass is 395 g/mol. The SMILES string of the molecule is Cc1ccc(NC(=O)Cn2cnc3c(cnn3-c3ccc(F)cc3)c2=O)c(F)c1. The van der Waals surface area contributed by atoms with E-state index in [0.717, 1.165) is 10.1 Å². The highest BCUT2D eigenvalue weighted by Crippen LogP contribution is 2.16. The Kier molecular flexibility index (Phi) is 4.63. The number of benzene rings is 2. The van der Waals surface area contributed by atoms with E-state index in [0.29, 0.717) is 5.69 Å². The van der Waals surface area contributed by atoms with Gasteiger partial charge < -0.3 is 5.32 Å². The molecule has 2 aromatic heterocycles. The number of fused-ring (bicyclic) bond motifs is 1. The molecule has 2 heterocycles. The van der Waals surface area contributed by atoms with E-state index in [4.69, 9.17) is 0 Å². The van der Waals surface area contributed by atoms with Crippen LogP contribution in [-0.4, -0.2) is 25.2 Å². The molecule has 0 saturated heterocycles. The van der Waals surface area contributed by atoms with Gasteiger partial charge in [-0.2, -0.15) is 5.10 Å². The first-order chi connectivity index (χ1) is 13.9. The summed E-state index contributed by atoms with van der Waals surface area (Å²) in [7, 11) is 0. The van der Waals surface area contributed by atoms with Crippen LogP contribution in [0.4, 0.5) is 14.5 Å². The van der Waals surface area contributed by atoms with E-state index in [-0.39, 0.29) is 23.3 Å². The average Bonchev–Trinajstić information content (AvgIpc) is 3.12. The van der Waals surface area contributed by atoms with Crippen LogP contribution in [0.5, 0.6) is 0 Å². The normalized spacial score (nSPS) is 11.0. The quantitative estimate of drug-likeness (QED) is 0.576. The highest BCUT2D eigenvalue weighted by molar-refractivity contribution is 5.90. The van der Waals surface area contributed by atoms with Crippen molar-refractivity contribution in [1.82, 2.24) is 19.3 Å². The second-order valence-electron chi connectivity index (χ2n) is 6.48. The lowest BCUT2D eigenvalue weighted by molar-refractivity contribution is -0.116. The van der Waals surface area contributed by atoms with Gasteiger partial charge in [-0.1, -0.05) is 6.07 Å². The standard InChI is InChI=1S/C20H15F2N5O2/c1-12-2-7-17(16(22)8-12)25-18(28)10-26-11-23-19-15(20(26)29)9-24-27(19)14-5-3-13(21)4-6-14/h2-9,11H,10H2,1H3,(H,25,28). The van der Waals surface area contributed by atoms with Crippen LogP contribution >= 0.6 is 0 Å². The predicted octanol–water partition coefficient (Wildman–Crippen LogP) is 2.81. The average molecular weight is 395 g/mol. The van der Waals surface area contributed by atoms with Crippen molar-refractivity contribution in [1.29, 1.82) is 0 Å². The molecule has 0 bridgehead atoms. The fraction of sp³-hybridized carbons (Fsp3) is 0.100. The lowest BCUT2D eigenvalue weighted by atomic mass is 10.2. The zero-order chi connectivity index (χ0) is 20.5. The summed E-state index contributed by atoms with van der Waals surface area (Å²) < 4.78 is 29.5. The number of carbonyl (C=O) groups is 1. The van der Waals surface area contributed by atoms with Crippen molar-refractivity contribution in [2.75, 3.05) is 5.32 Å². The molecule has 0 fully saturated rings. The first-order valence-corrected chi connectivity index (χ1v) is 8.67. The lowest BCUT2D eigenvalue weighted by Gasteiger charge is -2.09. The Morgan fingerprint density at radius 1 is 1.14 bits per heavy atom. The number of rotatable bonds is 4. The molecule has 7 nitrogen and oxygen atoms in total. The molecule has 0 aliphatic carbocycles. The number of hydrogen-bond donors (Lipinski definition) is 1. The van der Waals surface area contributed by atoms with Crippen LogP contribution in [0.3, 0.4) is 0 Å². The minimum atomic E-state index is -0.568. The van der Waals surface area contributed by atoms with Gasteiger partial charge in [-0.3, -0.25) is 14.2 Å². The zero-order valence-electron chi connectivity index (χ0n) is 15.3. The van der Waals surface area contributed by atoms with Crippen molar-refractivity contribution in [3.8, 4) is 5.69 Å². The lowest BCUT2D eigenvalue weighted by Crippen LogP contribution is -2.28. The van der Waals surface area contributed by atoms with Crippen LogP contribution in [0.25, 0.3) is 16.7 Å². The topological polar surface area (TPSA) is 81.8 Å². The fourth-order valence-electron chi connectivity index (χ4n) is 2.90. The maximum atomic E-state index is 13.9. The molecule has 1 N–H and O–H groups in total. The number of hydrogen-bond acceptors (Lipinski definition) is 4. The van der Waals surface area contributed by atoms with Crippen molar-refractivity contribution in [3.05, 3.63) is 82.5 Å². The van der Waals surface area contributed by atoms with Crippen molar-refractivity contribution in [2.24, 2.45) is 0 Å². The van der Waals surface area contributed by atoms with E-state index < -0.39 is 23.1 Å². The summed E-state index contributed by atoms with van der Waals surface area (Å²) in [5.41, 5.74) is 1.11. The number of carbonyl (C=O) groups excluding carboxylic acids is 1. The first-order valence-electron chi connectivity index (χ1n) is 8.67. The Balaban J connectivity index is 1.60. The van der Waals surface area contributed by atoms with E-state index in [1.165, 1.54) is 53.6 Å². The van der Waals surface area contributed by atoms with Gasteiger partial charge in [-0.25, -0.2) is 18.4 Å². The molecule has 0 spiro atoms. The third kappa shape index (κ3) is 3.62. The van der Waals surface area contributed by atoms with Crippen LogP contribution in [0.2, 0.25) is 0 Å². The molecule has 2 aromatic carbocycles. The van der Waals surface area contributed by atoms with Crippen molar-refractivity contribution in [2.45, 2.75) is 13.5 Å². The second-order valence-corrected chi connectivity index (χ2v) is 6.48. The molecule has 0 aliphatic rings. The molecule has 146 valence electrons. The molecule has 1 amide bonds. The van der Waals surface area contributed by atoms with Crippen LogP contribution in [-0.2, 0) is 11.3 Å². The Hall–Kier alpha value is -3.88. The minimum Gasteiger partial charge on any atom is -0.322 e. The maximum Gasteiger partial charge on any atom is 0.264 e. The number of nitrogens with one attached hydrogen (secondary N) is 1. The van der Waals surface area contributed by atoms with Crippen LogP contribution in [0.1, 0.15) is 5.56 Å². The smallest absolute Gasteiger partial charge is 0.264 e. The highest BCUT2D eigenvalue weighted by Gasteiger charge is 2.14. The van der Waals surface area contributed by atoms with E-state index >= 15 is 0 Å². The molecule has 0 radical (unpaired) electrons. The molecule has 29 heavy (non-hydrogen) atoms. The molecule has 9 heteroatoms. The Morgan fingerprint density at radius 3 is 2.62 bits per heavy atom. The molecule has 0 atom stereocenters. The molecular weight excluding hydrogens is 380 g/mol. The van der Waals surface area contributed by atoms with E-state index in [9.17, 15) is 18.4 Å². The molecule has 4 rings (SSSR count). The number of aryl methyl sites for hydroxylation is 1. The third-order valence-electron chi connectivity index (χ3n) is 4.34. The minimum absolute atomic E-state index is 0.0341. The largest absolute Gasteiger partial charge is 0.322 e. The molecule has 0 aliphatic heterocycles. The maximum absolute atomic E-state index is 13.9. The zero-order valence-corrected chi connectivity index (χ0v) is 15.3. The van der Waals surface area contributed by atoms with Crippen LogP contribution in [0.15, 0.2) is 59.8 Å². The Morgan fingerprint density at radius 2 is 1.90 bits per heavy atom. The summed E-state index contributed by atoms with van der Waals surface area (Å²) >= 11 is 0. The summed E-state index contributed by atoms with van der Waals surface area (Å²) in [5, 5.41) is 6.77. The van der Waals surface area contributed by atoms with Crippen LogP contribution in [0, 0.1) is 18.6 Å². The van der Waals surface area contributed by atoms with Gasteiger partial charge in [0.25, 0.3) is 5.56 Å². The number of amides is 1. The van der Waals surface area contributed by atoms with E-state index in [1.807, 2.05) is 0 Å². The van der Waals surface area contributed by atoms with Gasteiger partial charge in [0.2, 0.25) is 5.91 Å². The number of nitrogens with zero attached hydrogens (tertiary/aromatic N) is 4. The Labute approximate surface area is 163 Å². The number of aromatic nitrogens is 4. The molecule has 0 unspecified atom stereocenters. The van der Waals surface area contributed by atoms with Crippen LogP contribution < -0.4 is 10.9 Å². The van der Waals surface area contributed by atoms with Crippen molar-refractivity contribution >= 4 is 22.6 Å². The van der Waals surface area contributed by atoms with Gasteiger partial charge >= 0.3 is 0 Å². The van der Waals surface area contributed by atoms with Crippen molar-refractivity contribution < 1.29 is 13.6 Å². The third-order valence-corrected chi connectivity index (χ3v) is 4.34. The summed E-state index contributed by atoms with van der Waals surface area (Å²) in [6.07, 6.45) is 2.56. The van der Waals surface area contributed by atoms with Gasteiger partial charge in [0.05, 0.1) is 17.6 Å². The first kappa shape index (κ1) is 18.5. The second kappa shape index (κ2) is 7.27. The predicted molar refractivity (Wildman–Crippen MR) is 103 cm³/mol. The summed E-state index contributed by atoms with van der Waals surface area (Å²) in [6.45, 7) is 1.40. The molecule has 0 saturated carbocycles. The van der Waals surface area contributed by atoms with Gasteiger partial charge in [-0.15, -0.1) is 0 Å². The summed E-state index contributed by atoms with van der Waals surface area (Å²) in [4.78, 5) is 29.1. The molecular formula is C20H15F2N5O2. The Bertz CT molecular complexity index is 1280. The summed E-state index contributed by atoms with van der Waals surface area (Å²) in [6, 6.07) is 10.0. The fourth-order valence-corrected chi connectivity index (χ4v) is 2.90. The van der Waals surface area contributed by atoms with E-state index in [2.05, 4.69) is 15.4 Å². The molecule has 4 aromatic rings. The van der Waals surface area contributed by atoms with Gasteiger partial charge in [0.15, 0.2) is 5.65 Å². The number of anilines is 1. The highest BCUT2D eigenvalue weighted by atomic mass is 19.1. The van der Waals surface area contributed by atoms with Gasteiger partial charge in [-0.05, 0) is 48.9 Å². The van der Waals surface area contributed by atoms with E-state index in [1.54, 1.807) is 13.0 Å². The van der Waals surface area contributed by atoms with Gasteiger partial charge in [0, 0.05) is 0 Å². The van der Waals surface area contributed by atoms with Gasteiger partial charge in [0.1, 0.15) is 29.9 Å². The summed E-state index contributed by atoms with van der Waals surface area (Å²) in [5.74, 6) is -1.52.